The lowest BCUT2D eigenvalue weighted by Crippen LogP contribution is -2.27. The van der Waals surface area contributed by atoms with Gasteiger partial charge in [0, 0.05) is 17.9 Å². The number of pyridine rings is 1. The molecule has 3 rings (SSSR count). The molecule has 1 heterocycles. The molecule has 0 spiro atoms. The van der Waals surface area contributed by atoms with Crippen molar-refractivity contribution in [1.29, 1.82) is 0 Å². The first-order valence-corrected chi connectivity index (χ1v) is 9.70. The molecular formula is C21H24F3N3O4. The Morgan fingerprint density at radius 3 is 2.55 bits per heavy atom. The predicted octanol–water partition coefficient (Wildman–Crippen LogP) is 3.23. The first-order chi connectivity index (χ1) is 14.5. The lowest BCUT2D eigenvalue weighted by Gasteiger charge is -2.23. The van der Waals surface area contributed by atoms with Crippen LogP contribution in [0.2, 0.25) is 0 Å². The van der Waals surface area contributed by atoms with E-state index < -0.39 is 12.1 Å². The number of anilines is 1. The van der Waals surface area contributed by atoms with E-state index in [9.17, 15) is 22.8 Å². The van der Waals surface area contributed by atoms with E-state index in [1.165, 1.54) is 0 Å². The van der Waals surface area contributed by atoms with Crippen LogP contribution in [0.3, 0.4) is 0 Å². The molecule has 0 radical (unpaired) electrons. The third-order valence-corrected chi connectivity index (χ3v) is 5.01. The number of fused-ring (bicyclic) bond motifs is 1. The van der Waals surface area contributed by atoms with Gasteiger partial charge in [-0.2, -0.15) is 13.2 Å². The molecule has 31 heavy (non-hydrogen) atoms. The number of aromatic nitrogens is 1. The van der Waals surface area contributed by atoms with Crippen molar-refractivity contribution in [2.24, 2.45) is 11.7 Å². The van der Waals surface area contributed by atoms with Crippen molar-refractivity contribution in [1.82, 2.24) is 4.98 Å². The molecule has 1 atom stereocenters. The highest BCUT2D eigenvalue weighted by Crippen LogP contribution is 2.26. The lowest BCUT2D eigenvalue weighted by molar-refractivity contribution is -0.192. The van der Waals surface area contributed by atoms with Crippen LogP contribution in [0, 0.1) is 5.92 Å². The van der Waals surface area contributed by atoms with Crippen LogP contribution in [0.5, 0.6) is 0 Å². The fourth-order valence-electron chi connectivity index (χ4n) is 3.27. The fraction of sp³-hybridized carbons (Fsp3) is 0.381. The molecule has 1 aromatic heterocycles. The van der Waals surface area contributed by atoms with Gasteiger partial charge in [-0.25, -0.2) is 4.79 Å². The molecule has 10 heteroatoms. The van der Waals surface area contributed by atoms with E-state index in [1.54, 1.807) is 12.1 Å². The highest BCUT2D eigenvalue weighted by atomic mass is 19.4. The standard InChI is InChI=1S/C19H23N3O2.C2HF3O2/c1-2-12-6-7-17-14(8-12)10-16(19(24)22-17)18(23)21-15-5-3-4-13(9-15)11-20;3-2(4,5)1(6)7/h3-5,9-10,12H,2,6-8,11,20H2,1H3,(H,21,23)(H,22,24);(H,6,7). The number of hydrogen-bond acceptors (Lipinski definition) is 4. The number of aliphatic carboxylic acids is 1. The Balaban J connectivity index is 0.000000423. The quantitative estimate of drug-likeness (QED) is 0.582. The summed E-state index contributed by atoms with van der Waals surface area (Å²) in [7, 11) is 0. The molecule has 1 amide bonds. The van der Waals surface area contributed by atoms with E-state index >= 15 is 0 Å². The number of nitrogens with one attached hydrogen (secondary N) is 2. The Kier molecular flexibility index (Phi) is 7.98. The average molecular weight is 439 g/mol. The topological polar surface area (TPSA) is 125 Å². The van der Waals surface area contributed by atoms with Crippen molar-refractivity contribution in [3.05, 3.63) is 63.1 Å². The molecule has 2 aromatic rings. The van der Waals surface area contributed by atoms with Gasteiger partial charge in [-0.1, -0.05) is 25.5 Å². The summed E-state index contributed by atoms with van der Waals surface area (Å²) in [6.07, 6.45) is -1.07. The monoisotopic (exact) mass is 439 g/mol. The zero-order valence-corrected chi connectivity index (χ0v) is 16.9. The minimum Gasteiger partial charge on any atom is -0.475 e. The first kappa shape index (κ1) is 24.1. The van der Waals surface area contributed by atoms with E-state index in [0.717, 1.165) is 42.5 Å². The van der Waals surface area contributed by atoms with Crippen LogP contribution in [0.25, 0.3) is 0 Å². The molecule has 5 N–H and O–H groups in total. The van der Waals surface area contributed by atoms with Crippen LogP contribution < -0.4 is 16.6 Å². The van der Waals surface area contributed by atoms with Crippen LogP contribution in [0.15, 0.2) is 35.1 Å². The normalized spacial score (nSPS) is 15.3. The van der Waals surface area contributed by atoms with Crippen LogP contribution in [-0.2, 0) is 24.2 Å². The number of benzene rings is 1. The Labute approximate surface area is 176 Å². The summed E-state index contributed by atoms with van der Waals surface area (Å²) in [6, 6.07) is 9.10. The highest BCUT2D eigenvalue weighted by Gasteiger charge is 2.38. The lowest BCUT2D eigenvalue weighted by atomic mass is 9.84. The number of aryl methyl sites for hydroxylation is 1. The second-order valence-electron chi connectivity index (χ2n) is 7.19. The summed E-state index contributed by atoms with van der Waals surface area (Å²) < 4.78 is 31.7. The van der Waals surface area contributed by atoms with Gasteiger partial charge < -0.3 is 21.1 Å². The maximum Gasteiger partial charge on any atom is 0.490 e. The van der Waals surface area contributed by atoms with E-state index in [-0.39, 0.29) is 17.0 Å². The molecular weight excluding hydrogens is 415 g/mol. The van der Waals surface area contributed by atoms with E-state index in [0.29, 0.717) is 18.2 Å². The van der Waals surface area contributed by atoms with Crippen molar-refractivity contribution >= 4 is 17.6 Å². The number of carboxylic acid groups (broad SMARTS) is 1. The second-order valence-corrected chi connectivity index (χ2v) is 7.19. The van der Waals surface area contributed by atoms with Crippen molar-refractivity contribution in [2.45, 2.75) is 45.3 Å². The molecule has 1 aromatic carbocycles. The maximum atomic E-state index is 12.5. The molecule has 168 valence electrons. The molecule has 0 fully saturated rings. The largest absolute Gasteiger partial charge is 0.490 e. The van der Waals surface area contributed by atoms with Crippen molar-refractivity contribution in [2.75, 3.05) is 5.32 Å². The van der Waals surface area contributed by atoms with Crippen LogP contribution >= 0.6 is 0 Å². The Hall–Kier alpha value is -3.14. The third-order valence-electron chi connectivity index (χ3n) is 5.01. The minimum absolute atomic E-state index is 0.170. The number of nitrogens with two attached hydrogens (primary N) is 1. The van der Waals surface area contributed by atoms with Gasteiger partial charge in [0.2, 0.25) is 0 Å². The van der Waals surface area contributed by atoms with Crippen LogP contribution in [0.1, 0.15) is 46.9 Å². The molecule has 0 saturated carbocycles. The Bertz CT molecular complexity index is 1000. The molecule has 1 aliphatic rings. The summed E-state index contributed by atoms with van der Waals surface area (Å²) in [5, 5.41) is 9.92. The van der Waals surface area contributed by atoms with Gasteiger partial charge in [0.15, 0.2) is 0 Å². The average Bonchev–Trinajstić information content (AvgIpc) is 2.72. The van der Waals surface area contributed by atoms with Gasteiger partial charge in [-0.3, -0.25) is 9.59 Å². The smallest absolute Gasteiger partial charge is 0.475 e. The number of rotatable bonds is 4. The first-order valence-electron chi connectivity index (χ1n) is 9.70. The van der Waals surface area contributed by atoms with E-state index in [1.807, 2.05) is 18.2 Å². The van der Waals surface area contributed by atoms with Gasteiger partial charge >= 0.3 is 12.1 Å². The van der Waals surface area contributed by atoms with E-state index in [2.05, 4.69) is 17.2 Å². The predicted molar refractivity (Wildman–Crippen MR) is 109 cm³/mol. The molecule has 7 nitrogen and oxygen atoms in total. The Morgan fingerprint density at radius 1 is 1.29 bits per heavy atom. The van der Waals surface area contributed by atoms with Gasteiger partial charge in [0.1, 0.15) is 5.56 Å². The summed E-state index contributed by atoms with van der Waals surface area (Å²) >= 11 is 0. The van der Waals surface area contributed by atoms with Gasteiger partial charge in [-0.15, -0.1) is 0 Å². The number of carboxylic acids is 1. The van der Waals surface area contributed by atoms with E-state index in [4.69, 9.17) is 15.6 Å². The molecule has 1 aliphatic carbocycles. The maximum absolute atomic E-state index is 12.5. The highest BCUT2D eigenvalue weighted by molar-refractivity contribution is 6.04. The molecule has 1 unspecified atom stereocenters. The SMILES string of the molecule is CCC1CCc2[nH]c(=O)c(C(=O)Nc3cccc(CN)c3)cc2C1.O=C(O)C(F)(F)F. The van der Waals surface area contributed by atoms with Crippen LogP contribution in [0.4, 0.5) is 18.9 Å². The number of halogens is 3. The van der Waals surface area contributed by atoms with Crippen molar-refractivity contribution in [3.8, 4) is 0 Å². The number of amides is 1. The second kappa shape index (κ2) is 10.3. The number of carbonyl (C=O) groups is 2. The number of aromatic amines is 1. The number of alkyl halides is 3. The minimum atomic E-state index is -5.08. The third kappa shape index (κ3) is 6.68. The molecule has 0 bridgehead atoms. The summed E-state index contributed by atoms with van der Waals surface area (Å²) in [4.78, 5) is 36.6. The number of H-pyrrole nitrogens is 1. The summed E-state index contributed by atoms with van der Waals surface area (Å²) in [6.45, 7) is 2.58. The Morgan fingerprint density at radius 2 is 1.97 bits per heavy atom. The van der Waals surface area contributed by atoms with Gasteiger partial charge in [-0.05, 0) is 54.5 Å². The number of hydrogen-bond donors (Lipinski definition) is 4. The fourth-order valence-corrected chi connectivity index (χ4v) is 3.27. The summed E-state index contributed by atoms with van der Waals surface area (Å²) in [5.74, 6) is -2.51. The van der Waals surface area contributed by atoms with Crippen LogP contribution in [-0.4, -0.2) is 28.1 Å². The summed E-state index contributed by atoms with van der Waals surface area (Å²) in [5.41, 5.74) is 9.11. The number of carbonyl (C=O) groups excluding carboxylic acids is 1. The zero-order chi connectivity index (χ0) is 23.2. The zero-order valence-electron chi connectivity index (χ0n) is 16.9. The van der Waals surface area contributed by atoms with Gasteiger partial charge in [0.05, 0.1) is 0 Å². The van der Waals surface area contributed by atoms with Crippen molar-refractivity contribution < 1.29 is 27.9 Å². The van der Waals surface area contributed by atoms with Crippen molar-refractivity contribution in [3.63, 3.8) is 0 Å². The molecule has 0 saturated heterocycles. The van der Waals surface area contributed by atoms with Gasteiger partial charge in [0.25, 0.3) is 11.5 Å². The molecule has 0 aliphatic heterocycles.